The quantitative estimate of drug-likeness (QED) is 0.764. The van der Waals surface area contributed by atoms with Gasteiger partial charge < -0.3 is 20.3 Å². The van der Waals surface area contributed by atoms with Crippen LogP contribution in [0, 0.1) is 11.3 Å². The molecule has 7 nitrogen and oxygen atoms in total. The third-order valence-corrected chi connectivity index (χ3v) is 6.46. The van der Waals surface area contributed by atoms with Gasteiger partial charge in [0.15, 0.2) is 0 Å². The molecule has 2 N–H and O–H groups in total. The number of amides is 2. The zero-order chi connectivity index (χ0) is 21.0. The van der Waals surface area contributed by atoms with Crippen LogP contribution in [0.25, 0.3) is 0 Å². The summed E-state index contributed by atoms with van der Waals surface area (Å²) in [5.74, 6) is -0.0459. The molecule has 0 atom stereocenters. The minimum absolute atomic E-state index is 0.0459. The van der Waals surface area contributed by atoms with E-state index in [2.05, 4.69) is 21.6 Å². The average molecular weight is 419 g/mol. The van der Waals surface area contributed by atoms with Crippen LogP contribution in [0.15, 0.2) is 0 Å². The summed E-state index contributed by atoms with van der Waals surface area (Å²) in [5, 5.41) is 16.0. The monoisotopic (exact) mass is 418 g/mol. The Balaban J connectivity index is 1.39. The highest BCUT2D eigenvalue weighted by Gasteiger charge is 2.25. The van der Waals surface area contributed by atoms with Crippen molar-refractivity contribution in [1.29, 1.82) is 5.26 Å². The minimum Gasteiger partial charge on any atom is -0.444 e. The van der Waals surface area contributed by atoms with E-state index in [1.165, 1.54) is 4.88 Å². The number of carbonyl (C=O) groups is 2. The van der Waals surface area contributed by atoms with Gasteiger partial charge in [0.05, 0.1) is 5.56 Å². The zero-order valence-corrected chi connectivity index (χ0v) is 18.3. The first-order valence-electron chi connectivity index (χ1n) is 10.3. The van der Waals surface area contributed by atoms with Crippen molar-refractivity contribution in [1.82, 2.24) is 10.2 Å². The standard InChI is InChI=1S/C21H30N4O3S/c1-21(2,3)28-20(27)23-14-7-10-25(11-8-14)12-9-18(26)24-19-16(13-22)15-5-4-6-17(15)29-19/h14H,4-12H2,1-3H3,(H,23,27)(H,24,26). The van der Waals surface area contributed by atoms with E-state index < -0.39 is 5.60 Å². The van der Waals surface area contributed by atoms with Crippen molar-refractivity contribution < 1.29 is 14.3 Å². The Labute approximate surface area is 176 Å². The number of alkyl carbamates (subject to hydrolysis) is 1. The fraction of sp³-hybridized carbons (Fsp3) is 0.667. The van der Waals surface area contributed by atoms with Crippen molar-refractivity contribution in [3.63, 3.8) is 0 Å². The molecule has 1 fully saturated rings. The molecule has 158 valence electrons. The number of piperidine rings is 1. The van der Waals surface area contributed by atoms with Gasteiger partial charge in [-0.15, -0.1) is 11.3 Å². The van der Waals surface area contributed by atoms with Crippen LogP contribution in [0.3, 0.4) is 0 Å². The number of ether oxygens (including phenoxy) is 1. The van der Waals surface area contributed by atoms with Crippen LogP contribution in [-0.4, -0.2) is 48.2 Å². The molecule has 2 aliphatic rings. The van der Waals surface area contributed by atoms with Gasteiger partial charge in [-0.1, -0.05) is 0 Å². The van der Waals surface area contributed by atoms with Gasteiger partial charge in [-0.25, -0.2) is 4.79 Å². The van der Waals surface area contributed by atoms with Gasteiger partial charge in [0.1, 0.15) is 16.7 Å². The molecule has 0 unspecified atom stereocenters. The van der Waals surface area contributed by atoms with Gasteiger partial charge in [0.2, 0.25) is 5.91 Å². The summed E-state index contributed by atoms with van der Waals surface area (Å²) in [4.78, 5) is 27.7. The molecular formula is C21H30N4O3S. The second kappa shape index (κ2) is 9.14. The van der Waals surface area contributed by atoms with Gasteiger partial charge >= 0.3 is 6.09 Å². The van der Waals surface area contributed by atoms with E-state index >= 15 is 0 Å². The highest BCUT2D eigenvalue weighted by Crippen LogP contribution is 2.38. The molecule has 1 aromatic rings. The number of aryl methyl sites for hydroxylation is 1. The van der Waals surface area contributed by atoms with Crippen molar-refractivity contribution in [2.75, 3.05) is 25.0 Å². The maximum absolute atomic E-state index is 12.4. The Morgan fingerprint density at radius 3 is 2.66 bits per heavy atom. The van der Waals surface area contributed by atoms with Crippen molar-refractivity contribution in [2.24, 2.45) is 0 Å². The Bertz CT molecular complexity index is 798. The molecule has 8 heteroatoms. The maximum Gasteiger partial charge on any atom is 0.407 e. The summed E-state index contributed by atoms with van der Waals surface area (Å²) in [6.45, 7) is 7.91. The number of nitriles is 1. The molecule has 29 heavy (non-hydrogen) atoms. The van der Waals surface area contributed by atoms with Gasteiger partial charge in [-0.2, -0.15) is 5.26 Å². The van der Waals surface area contributed by atoms with E-state index in [1.807, 2.05) is 20.8 Å². The van der Waals surface area contributed by atoms with Crippen LogP contribution in [0.4, 0.5) is 9.80 Å². The number of fused-ring (bicyclic) bond motifs is 1. The van der Waals surface area contributed by atoms with E-state index in [9.17, 15) is 14.9 Å². The van der Waals surface area contributed by atoms with Crippen molar-refractivity contribution in [3.8, 4) is 6.07 Å². The molecule has 1 aliphatic heterocycles. The lowest BCUT2D eigenvalue weighted by molar-refractivity contribution is -0.116. The van der Waals surface area contributed by atoms with Gasteiger partial charge in [0.25, 0.3) is 0 Å². The lowest BCUT2D eigenvalue weighted by Crippen LogP contribution is -2.46. The molecule has 0 saturated carbocycles. The summed E-state index contributed by atoms with van der Waals surface area (Å²) >= 11 is 1.55. The van der Waals surface area contributed by atoms with Crippen LogP contribution in [0.5, 0.6) is 0 Å². The molecule has 2 heterocycles. The fourth-order valence-electron chi connectivity index (χ4n) is 3.83. The van der Waals surface area contributed by atoms with E-state index in [0.29, 0.717) is 23.5 Å². The topological polar surface area (TPSA) is 94.5 Å². The predicted octanol–water partition coefficient (Wildman–Crippen LogP) is 3.43. The summed E-state index contributed by atoms with van der Waals surface area (Å²) in [6, 6.07) is 2.37. The van der Waals surface area contributed by atoms with Gasteiger partial charge in [0, 0.05) is 37.0 Å². The first-order valence-corrected chi connectivity index (χ1v) is 11.1. The lowest BCUT2D eigenvalue weighted by Gasteiger charge is -2.32. The smallest absolute Gasteiger partial charge is 0.407 e. The lowest BCUT2D eigenvalue weighted by atomic mass is 10.1. The van der Waals surface area contributed by atoms with E-state index in [4.69, 9.17) is 4.74 Å². The van der Waals surface area contributed by atoms with Gasteiger partial charge in [-0.05, 0) is 58.4 Å². The third kappa shape index (κ3) is 5.94. The average Bonchev–Trinajstić information content (AvgIpc) is 3.20. The van der Waals surface area contributed by atoms with E-state index in [-0.39, 0.29) is 18.0 Å². The maximum atomic E-state index is 12.4. The van der Waals surface area contributed by atoms with Crippen molar-refractivity contribution >= 4 is 28.3 Å². The zero-order valence-electron chi connectivity index (χ0n) is 17.5. The van der Waals surface area contributed by atoms with Crippen molar-refractivity contribution in [3.05, 3.63) is 16.0 Å². The highest BCUT2D eigenvalue weighted by atomic mass is 32.1. The molecule has 1 aromatic heterocycles. The first kappa shape index (κ1) is 21.6. The second-order valence-electron chi connectivity index (χ2n) is 8.73. The number of hydrogen-bond acceptors (Lipinski definition) is 6. The number of likely N-dealkylation sites (tertiary alicyclic amines) is 1. The predicted molar refractivity (Wildman–Crippen MR) is 113 cm³/mol. The Morgan fingerprint density at radius 1 is 1.28 bits per heavy atom. The number of nitrogens with one attached hydrogen (secondary N) is 2. The van der Waals surface area contributed by atoms with E-state index in [1.54, 1.807) is 11.3 Å². The Hall–Kier alpha value is -2.11. The van der Waals surface area contributed by atoms with Crippen LogP contribution in [0.1, 0.15) is 62.5 Å². The van der Waals surface area contributed by atoms with Crippen molar-refractivity contribution in [2.45, 2.75) is 70.9 Å². The molecule has 1 saturated heterocycles. The molecule has 0 aromatic carbocycles. The molecule has 1 aliphatic carbocycles. The summed E-state index contributed by atoms with van der Waals surface area (Å²) in [5.41, 5.74) is 1.30. The van der Waals surface area contributed by atoms with Crippen LogP contribution in [-0.2, 0) is 22.4 Å². The SMILES string of the molecule is CC(C)(C)OC(=O)NC1CCN(CCC(=O)Nc2sc3c(c2C#N)CCC3)CC1. The molecule has 3 rings (SSSR count). The van der Waals surface area contributed by atoms with Crippen LogP contribution < -0.4 is 10.6 Å². The minimum atomic E-state index is -0.494. The number of thiophene rings is 1. The number of nitrogens with zero attached hydrogens (tertiary/aromatic N) is 2. The Morgan fingerprint density at radius 2 is 2.00 bits per heavy atom. The van der Waals surface area contributed by atoms with Crippen LogP contribution >= 0.6 is 11.3 Å². The third-order valence-electron chi connectivity index (χ3n) is 5.25. The van der Waals surface area contributed by atoms with E-state index in [0.717, 1.165) is 50.8 Å². The summed E-state index contributed by atoms with van der Waals surface area (Å²) in [6.07, 6.45) is 4.77. The normalized spacial score (nSPS) is 17.4. The number of anilines is 1. The highest BCUT2D eigenvalue weighted by molar-refractivity contribution is 7.16. The fourth-order valence-corrected chi connectivity index (χ4v) is 5.09. The first-order chi connectivity index (χ1) is 13.7. The largest absolute Gasteiger partial charge is 0.444 e. The summed E-state index contributed by atoms with van der Waals surface area (Å²) < 4.78 is 5.31. The molecule has 2 amide bonds. The Kier molecular flexibility index (Phi) is 6.81. The molecular weight excluding hydrogens is 388 g/mol. The number of hydrogen-bond donors (Lipinski definition) is 2. The molecule has 0 spiro atoms. The van der Waals surface area contributed by atoms with Crippen LogP contribution in [0.2, 0.25) is 0 Å². The number of carbonyl (C=O) groups excluding carboxylic acids is 2. The van der Waals surface area contributed by atoms with Gasteiger partial charge in [-0.3, -0.25) is 4.79 Å². The second-order valence-corrected chi connectivity index (χ2v) is 9.84. The number of rotatable bonds is 5. The molecule has 0 radical (unpaired) electrons. The molecule has 0 bridgehead atoms. The summed E-state index contributed by atoms with van der Waals surface area (Å²) in [7, 11) is 0.